The van der Waals surface area contributed by atoms with Gasteiger partial charge in [-0.05, 0) is 36.4 Å². The Hall–Kier alpha value is -3.42. The van der Waals surface area contributed by atoms with E-state index >= 15 is 0 Å². The third kappa shape index (κ3) is 4.05. The van der Waals surface area contributed by atoms with Gasteiger partial charge in [0.25, 0.3) is 5.91 Å². The molecule has 3 rings (SSSR count). The number of aromatic nitrogens is 1. The highest BCUT2D eigenvalue weighted by Gasteiger charge is 2.34. The van der Waals surface area contributed by atoms with Crippen LogP contribution in [0.3, 0.4) is 0 Å². The number of halogens is 3. The van der Waals surface area contributed by atoms with E-state index in [4.69, 9.17) is 0 Å². The smallest absolute Gasteiger partial charge is 0.326 e. The number of nitrogens with one attached hydrogen (secondary N) is 2. The van der Waals surface area contributed by atoms with Crippen LogP contribution in [0.2, 0.25) is 0 Å². The summed E-state index contributed by atoms with van der Waals surface area (Å²) in [5.41, 5.74) is -0.702. The van der Waals surface area contributed by atoms with E-state index < -0.39 is 29.2 Å². The van der Waals surface area contributed by atoms with Gasteiger partial charge in [0.15, 0.2) is 0 Å². The van der Waals surface area contributed by atoms with E-state index in [1.165, 1.54) is 19.1 Å². The Morgan fingerprint density at radius 3 is 2.48 bits per heavy atom. The minimum Gasteiger partial charge on any atom is -0.326 e. The van der Waals surface area contributed by atoms with Crippen LogP contribution in [0.5, 0.6) is 0 Å². The maximum Gasteiger partial charge on any atom is 0.418 e. The lowest BCUT2D eigenvalue weighted by atomic mass is 10.1. The second-order valence-electron chi connectivity index (χ2n) is 5.77. The molecular weight excluding hydrogens is 359 g/mol. The van der Waals surface area contributed by atoms with E-state index in [9.17, 15) is 22.8 Å². The van der Waals surface area contributed by atoms with Crippen molar-refractivity contribution in [3.8, 4) is 0 Å². The lowest BCUT2D eigenvalue weighted by Crippen LogP contribution is -2.17. The number of fused-ring (bicyclic) bond motifs is 1. The monoisotopic (exact) mass is 373 g/mol. The molecule has 0 unspecified atom stereocenters. The molecule has 27 heavy (non-hydrogen) atoms. The molecule has 2 aromatic carbocycles. The minimum absolute atomic E-state index is 0.0119. The number of rotatable bonds is 3. The van der Waals surface area contributed by atoms with Gasteiger partial charge in [0.05, 0.1) is 16.8 Å². The fourth-order valence-electron chi connectivity index (χ4n) is 2.66. The largest absolute Gasteiger partial charge is 0.418 e. The molecule has 0 fully saturated rings. The molecule has 0 saturated heterocycles. The molecule has 2 N–H and O–H groups in total. The average molecular weight is 373 g/mol. The van der Waals surface area contributed by atoms with Crippen LogP contribution in [-0.2, 0) is 11.0 Å². The van der Waals surface area contributed by atoms with Gasteiger partial charge in [-0.3, -0.25) is 14.6 Å². The lowest BCUT2D eigenvalue weighted by molar-refractivity contribution is -0.137. The molecule has 5 nitrogen and oxygen atoms in total. The Morgan fingerprint density at radius 2 is 1.78 bits per heavy atom. The van der Waals surface area contributed by atoms with Gasteiger partial charge < -0.3 is 10.6 Å². The third-order valence-electron chi connectivity index (χ3n) is 3.78. The quantitative estimate of drug-likeness (QED) is 0.712. The first-order valence-corrected chi connectivity index (χ1v) is 7.89. The normalized spacial score (nSPS) is 11.3. The van der Waals surface area contributed by atoms with Crippen LogP contribution in [0.4, 0.5) is 24.5 Å². The van der Waals surface area contributed by atoms with E-state index in [-0.39, 0.29) is 11.3 Å². The first-order chi connectivity index (χ1) is 12.8. The number of anilines is 2. The minimum atomic E-state index is -4.71. The Kier molecular flexibility index (Phi) is 4.81. The summed E-state index contributed by atoms with van der Waals surface area (Å²) in [6.07, 6.45) is -3.15. The van der Waals surface area contributed by atoms with Crippen LogP contribution in [0, 0.1) is 0 Å². The van der Waals surface area contributed by atoms with Gasteiger partial charge in [0.1, 0.15) is 0 Å². The van der Waals surface area contributed by atoms with Gasteiger partial charge >= 0.3 is 6.18 Å². The standard InChI is InChI=1S/C19H14F3N3O2/c1-11(26)24-12-7-8-17(15(10-12)19(20,21)22)25-18(27)14-4-2-6-16-13(14)5-3-9-23-16/h2-10H,1H3,(H,24,26)(H,25,27). The fraction of sp³-hybridized carbons (Fsp3) is 0.105. The van der Waals surface area contributed by atoms with Crippen molar-refractivity contribution in [1.29, 1.82) is 0 Å². The van der Waals surface area contributed by atoms with Crippen molar-refractivity contribution in [2.24, 2.45) is 0 Å². The Morgan fingerprint density at radius 1 is 1.00 bits per heavy atom. The highest BCUT2D eigenvalue weighted by molar-refractivity contribution is 6.12. The van der Waals surface area contributed by atoms with Crippen LogP contribution in [0.25, 0.3) is 10.9 Å². The maximum atomic E-state index is 13.4. The molecule has 2 amide bonds. The number of hydrogen-bond acceptors (Lipinski definition) is 3. The molecule has 1 heterocycles. The van der Waals surface area contributed by atoms with Crippen LogP contribution < -0.4 is 10.6 Å². The van der Waals surface area contributed by atoms with Crippen LogP contribution in [0.15, 0.2) is 54.7 Å². The fourth-order valence-corrected chi connectivity index (χ4v) is 2.66. The van der Waals surface area contributed by atoms with Crippen LogP contribution >= 0.6 is 0 Å². The lowest BCUT2D eigenvalue weighted by Gasteiger charge is -2.16. The summed E-state index contributed by atoms with van der Waals surface area (Å²) in [4.78, 5) is 27.8. The highest BCUT2D eigenvalue weighted by atomic mass is 19.4. The first-order valence-electron chi connectivity index (χ1n) is 7.89. The highest BCUT2D eigenvalue weighted by Crippen LogP contribution is 2.37. The zero-order valence-electron chi connectivity index (χ0n) is 14.1. The van der Waals surface area contributed by atoms with E-state index in [2.05, 4.69) is 15.6 Å². The maximum absolute atomic E-state index is 13.4. The number of hydrogen-bond donors (Lipinski definition) is 2. The molecule has 0 aliphatic rings. The molecule has 8 heteroatoms. The van der Waals surface area contributed by atoms with Crippen LogP contribution in [-0.4, -0.2) is 16.8 Å². The molecule has 0 radical (unpaired) electrons. The molecule has 0 saturated carbocycles. The van der Waals surface area contributed by atoms with Gasteiger partial charge in [-0.25, -0.2) is 0 Å². The zero-order chi connectivity index (χ0) is 19.6. The van der Waals surface area contributed by atoms with E-state index in [0.29, 0.717) is 10.9 Å². The van der Waals surface area contributed by atoms with Gasteiger partial charge in [-0.15, -0.1) is 0 Å². The van der Waals surface area contributed by atoms with E-state index in [1.807, 2.05) is 0 Å². The first kappa shape index (κ1) is 18.4. The number of alkyl halides is 3. The summed E-state index contributed by atoms with van der Waals surface area (Å²) in [5, 5.41) is 5.13. The van der Waals surface area contributed by atoms with Crippen molar-refractivity contribution in [1.82, 2.24) is 4.98 Å². The molecule has 0 aliphatic carbocycles. The zero-order valence-corrected chi connectivity index (χ0v) is 14.1. The number of carbonyl (C=O) groups excluding carboxylic acids is 2. The van der Waals surface area contributed by atoms with Gasteiger partial charge in [0.2, 0.25) is 5.91 Å². The van der Waals surface area contributed by atoms with Crippen molar-refractivity contribution in [3.63, 3.8) is 0 Å². The molecule has 0 atom stereocenters. The van der Waals surface area contributed by atoms with Crippen molar-refractivity contribution < 1.29 is 22.8 Å². The van der Waals surface area contributed by atoms with Gasteiger partial charge in [-0.1, -0.05) is 12.1 Å². The molecule has 0 aliphatic heterocycles. The number of nitrogens with zero attached hydrogens (tertiary/aromatic N) is 1. The predicted molar refractivity (Wildman–Crippen MR) is 95.4 cm³/mol. The summed E-state index contributed by atoms with van der Waals surface area (Å²) >= 11 is 0. The summed E-state index contributed by atoms with van der Waals surface area (Å²) in [6.45, 7) is 1.19. The second-order valence-corrected chi connectivity index (χ2v) is 5.77. The molecular formula is C19H14F3N3O2. The number of benzene rings is 2. The van der Waals surface area contributed by atoms with E-state index in [0.717, 1.165) is 12.1 Å². The third-order valence-corrected chi connectivity index (χ3v) is 3.78. The van der Waals surface area contributed by atoms with Crippen molar-refractivity contribution in [2.75, 3.05) is 10.6 Å². The predicted octanol–water partition coefficient (Wildman–Crippen LogP) is 4.46. The summed E-state index contributed by atoms with van der Waals surface area (Å²) < 4.78 is 40.2. The van der Waals surface area contributed by atoms with Gasteiger partial charge in [-0.2, -0.15) is 13.2 Å². The van der Waals surface area contributed by atoms with Crippen molar-refractivity contribution in [3.05, 3.63) is 65.9 Å². The summed E-state index contributed by atoms with van der Waals surface area (Å²) in [5.74, 6) is -1.19. The SMILES string of the molecule is CC(=O)Nc1ccc(NC(=O)c2cccc3ncccc23)c(C(F)(F)F)c1. The molecule has 1 aromatic heterocycles. The van der Waals surface area contributed by atoms with Crippen molar-refractivity contribution in [2.45, 2.75) is 13.1 Å². The van der Waals surface area contributed by atoms with Crippen LogP contribution in [0.1, 0.15) is 22.8 Å². The second kappa shape index (κ2) is 7.06. The molecule has 3 aromatic rings. The average Bonchev–Trinajstić information content (AvgIpc) is 2.61. The summed E-state index contributed by atoms with van der Waals surface area (Å²) in [6, 6.07) is 11.3. The Labute approximate surface area is 152 Å². The Bertz CT molecular complexity index is 1030. The van der Waals surface area contributed by atoms with E-state index in [1.54, 1.807) is 30.5 Å². The number of carbonyl (C=O) groups is 2. The molecule has 0 bridgehead atoms. The van der Waals surface area contributed by atoms with Gasteiger partial charge in [0, 0.05) is 29.8 Å². The molecule has 138 valence electrons. The summed E-state index contributed by atoms with van der Waals surface area (Å²) in [7, 11) is 0. The topological polar surface area (TPSA) is 71.1 Å². The Balaban J connectivity index is 1.99. The van der Waals surface area contributed by atoms with Crippen molar-refractivity contribution >= 4 is 34.1 Å². The number of pyridine rings is 1. The molecule has 0 spiro atoms. The number of amides is 2.